The minimum absolute atomic E-state index is 0.202. The molecule has 2 heterocycles. The Balaban J connectivity index is 2.32. The zero-order valence-electron chi connectivity index (χ0n) is 9.82. The van der Waals surface area contributed by atoms with Gasteiger partial charge < -0.3 is 10.6 Å². The summed E-state index contributed by atoms with van der Waals surface area (Å²) in [5, 5.41) is 6.33. The first-order valence-corrected chi connectivity index (χ1v) is 6.21. The number of H-pyrrole nitrogens is 1. The van der Waals surface area contributed by atoms with E-state index in [9.17, 15) is 4.79 Å². The van der Waals surface area contributed by atoms with Gasteiger partial charge in [0.2, 0.25) is 0 Å². The Morgan fingerprint density at radius 1 is 1.71 bits per heavy atom. The molecule has 0 amide bonds. The number of aromatic amines is 1. The van der Waals surface area contributed by atoms with Gasteiger partial charge in [0.1, 0.15) is 5.02 Å². The Kier molecular flexibility index (Phi) is 3.69. The summed E-state index contributed by atoms with van der Waals surface area (Å²) >= 11 is 6.02. The third-order valence-corrected chi connectivity index (χ3v) is 3.70. The number of aromatic nitrogens is 2. The molecular formula is C11H17ClN4O. The van der Waals surface area contributed by atoms with Gasteiger partial charge in [-0.1, -0.05) is 18.5 Å². The van der Waals surface area contributed by atoms with Gasteiger partial charge in [-0.25, -0.2) is 5.10 Å². The maximum atomic E-state index is 11.4. The van der Waals surface area contributed by atoms with E-state index in [4.69, 9.17) is 17.3 Å². The molecule has 3 N–H and O–H groups in total. The number of halogens is 1. The van der Waals surface area contributed by atoms with Crippen LogP contribution in [0.3, 0.4) is 0 Å². The van der Waals surface area contributed by atoms with E-state index in [2.05, 4.69) is 22.0 Å². The molecule has 1 aliphatic heterocycles. The van der Waals surface area contributed by atoms with Crippen LogP contribution < -0.4 is 16.2 Å². The van der Waals surface area contributed by atoms with Crippen molar-refractivity contribution in [2.45, 2.75) is 25.8 Å². The molecule has 2 atom stereocenters. The van der Waals surface area contributed by atoms with Gasteiger partial charge in [0.15, 0.2) is 0 Å². The standard InChI is InChI=1S/C11H17ClN4O/c1-7-2-3-16(8(4-7)5-13)9-6-14-15-11(17)10(9)12/h6-8H,2-5,13H2,1H3,(H,15,17). The number of hydrogen-bond acceptors (Lipinski definition) is 4. The average Bonchev–Trinajstić information content (AvgIpc) is 2.33. The van der Waals surface area contributed by atoms with Crippen LogP contribution in [0.4, 0.5) is 5.69 Å². The zero-order chi connectivity index (χ0) is 12.4. The third-order valence-electron chi connectivity index (χ3n) is 3.34. The molecule has 1 aliphatic rings. The van der Waals surface area contributed by atoms with Crippen molar-refractivity contribution in [3.63, 3.8) is 0 Å². The van der Waals surface area contributed by atoms with Gasteiger partial charge in [-0.3, -0.25) is 4.79 Å². The first kappa shape index (κ1) is 12.4. The van der Waals surface area contributed by atoms with Gasteiger partial charge in [0.25, 0.3) is 5.56 Å². The third kappa shape index (κ3) is 2.45. The summed E-state index contributed by atoms with van der Waals surface area (Å²) in [6.07, 6.45) is 3.71. The Bertz CT molecular complexity index is 447. The topological polar surface area (TPSA) is 75.0 Å². The normalized spacial score (nSPS) is 25.0. The molecule has 1 aromatic heterocycles. The summed E-state index contributed by atoms with van der Waals surface area (Å²) in [5.74, 6) is 0.661. The number of rotatable bonds is 2. The predicted octanol–water partition coefficient (Wildman–Crippen LogP) is 0.987. The van der Waals surface area contributed by atoms with Gasteiger partial charge >= 0.3 is 0 Å². The summed E-state index contributed by atoms with van der Waals surface area (Å²) in [7, 11) is 0. The molecule has 1 fully saturated rings. The maximum absolute atomic E-state index is 11.4. The van der Waals surface area contributed by atoms with E-state index in [1.165, 1.54) is 0 Å². The Morgan fingerprint density at radius 3 is 3.18 bits per heavy atom. The summed E-state index contributed by atoms with van der Waals surface area (Å²) in [4.78, 5) is 13.5. The first-order chi connectivity index (χ1) is 8.13. The molecular weight excluding hydrogens is 240 g/mol. The quantitative estimate of drug-likeness (QED) is 0.827. The van der Waals surface area contributed by atoms with Crippen LogP contribution in [0.25, 0.3) is 0 Å². The number of piperidine rings is 1. The highest BCUT2D eigenvalue weighted by molar-refractivity contribution is 6.33. The minimum Gasteiger partial charge on any atom is -0.365 e. The molecule has 0 aliphatic carbocycles. The monoisotopic (exact) mass is 256 g/mol. The van der Waals surface area contributed by atoms with Crippen LogP contribution in [0.15, 0.2) is 11.0 Å². The van der Waals surface area contributed by atoms with Gasteiger partial charge in [0, 0.05) is 19.1 Å². The lowest BCUT2D eigenvalue weighted by Gasteiger charge is -2.39. The average molecular weight is 257 g/mol. The van der Waals surface area contributed by atoms with Crippen LogP contribution in [0, 0.1) is 5.92 Å². The smallest absolute Gasteiger partial charge is 0.285 e. The zero-order valence-corrected chi connectivity index (χ0v) is 10.6. The summed E-state index contributed by atoms with van der Waals surface area (Å²) < 4.78 is 0. The Morgan fingerprint density at radius 2 is 2.47 bits per heavy atom. The van der Waals surface area contributed by atoms with E-state index >= 15 is 0 Å². The van der Waals surface area contributed by atoms with E-state index < -0.39 is 0 Å². The fourth-order valence-corrected chi connectivity index (χ4v) is 2.57. The number of hydrogen-bond donors (Lipinski definition) is 2. The molecule has 17 heavy (non-hydrogen) atoms. The van der Waals surface area contributed by atoms with E-state index in [0.29, 0.717) is 18.2 Å². The molecule has 2 rings (SSSR count). The second-order valence-corrected chi connectivity index (χ2v) is 4.99. The molecule has 94 valence electrons. The molecule has 0 bridgehead atoms. The van der Waals surface area contributed by atoms with Crippen LogP contribution in [-0.4, -0.2) is 29.3 Å². The molecule has 6 heteroatoms. The number of nitrogens with one attached hydrogen (secondary N) is 1. The predicted molar refractivity (Wildman–Crippen MR) is 68.5 cm³/mol. The van der Waals surface area contributed by atoms with E-state index in [1.807, 2.05) is 0 Å². The number of nitrogens with two attached hydrogens (primary N) is 1. The maximum Gasteiger partial charge on any atom is 0.285 e. The number of anilines is 1. The van der Waals surface area contributed by atoms with Crippen molar-refractivity contribution < 1.29 is 0 Å². The molecule has 1 aromatic rings. The SMILES string of the molecule is CC1CCN(c2cn[nH]c(=O)c2Cl)C(CN)C1. The Labute approximate surface area is 105 Å². The van der Waals surface area contributed by atoms with Crippen molar-refractivity contribution in [3.8, 4) is 0 Å². The summed E-state index contributed by atoms with van der Waals surface area (Å²) in [6.45, 7) is 3.65. The summed E-state index contributed by atoms with van der Waals surface area (Å²) in [5.41, 5.74) is 6.13. The fourth-order valence-electron chi connectivity index (χ4n) is 2.37. The van der Waals surface area contributed by atoms with Crippen LogP contribution in [0.1, 0.15) is 19.8 Å². The molecule has 0 saturated carbocycles. The highest BCUT2D eigenvalue weighted by Gasteiger charge is 2.27. The lowest BCUT2D eigenvalue weighted by molar-refractivity contribution is 0.366. The Hall–Kier alpha value is -1.07. The van der Waals surface area contributed by atoms with Gasteiger partial charge in [-0.15, -0.1) is 0 Å². The van der Waals surface area contributed by atoms with Crippen molar-refractivity contribution >= 4 is 17.3 Å². The van der Waals surface area contributed by atoms with Crippen molar-refractivity contribution in [2.75, 3.05) is 18.0 Å². The van der Waals surface area contributed by atoms with Crippen molar-refractivity contribution in [2.24, 2.45) is 11.7 Å². The number of nitrogens with zero attached hydrogens (tertiary/aromatic N) is 2. The van der Waals surface area contributed by atoms with Gasteiger partial charge in [0.05, 0.1) is 11.9 Å². The summed E-state index contributed by atoms with van der Waals surface area (Å²) in [6, 6.07) is 0.236. The van der Waals surface area contributed by atoms with Gasteiger partial charge in [-0.2, -0.15) is 5.10 Å². The highest BCUT2D eigenvalue weighted by atomic mass is 35.5. The molecule has 2 unspecified atom stereocenters. The van der Waals surface area contributed by atoms with Gasteiger partial charge in [-0.05, 0) is 18.8 Å². The minimum atomic E-state index is -0.349. The second kappa shape index (κ2) is 5.06. The molecule has 5 nitrogen and oxygen atoms in total. The fraction of sp³-hybridized carbons (Fsp3) is 0.636. The van der Waals surface area contributed by atoms with Crippen LogP contribution >= 0.6 is 11.6 Å². The molecule has 0 radical (unpaired) electrons. The van der Waals surface area contributed by atoms with Crippen LogP contribution in [0.2, 0.25) is 5.02 Å². The second-order valence-electron chi connectivity index (χ2n) is 4.61. The van der Waals surface area contributed by atoms with Crippen molar-refractivity contribution in [3.05, 3.63) is 21.6 Å². The molecule has 0 aromatic carbocycles. The molecule has 1 saturated heterocycles. The van der Waals surface area contributed by atoms with E-state index in [0.717, 1.165) is 19.4 Å². The van der Waals surface area contributed by atoms with E-state index in [1.54, 1.807) is 6.20 Å². The molecule has 0 spiro atoms. The first-order valence-electron chi connectivity index (χ1n) is 5.83. The van der Waals surface area contributed by atoms with Crippen molar-refractivity contribution in [1.82, 2.24) is 10.2 Å². The van der Waals surface area contributed by atoms with Crippen LogP contribution in [0.5, 0.6) is 0 Å². The highest BCUT2D eigenvalue weighted by Crippen LogP contribution is 2.29. The van der Waals surface area contributed by atoms with Crippen LogP contribution in [-0.2, 0) is 0 Å². The van der Waals surface area contributed by atoms with E-state index in [-0.39, 0.29) is 16.6 Å². The largest absolute Gasteiger partial charge is 0.365 e. The van der Waals surface area contributed by atoms with Crippen molar-refractivity contribution in [1.29, 1.82) is 0 Å². The lowest BCUT2D eigenvalue weighted by atomic mass is 9.92. The lowest BCUT2D eigenvalue weighted by Crippen LogP contribution is -2.47.